The molecule has 0 atom stereocenters. The lowest BCUT2D eigenvalue weighted by Gasteiger charge is -2.05. The van der Waals surface area contributed by atoms with Gasteiger partial charge in [0.15, 0.2) is 0 Å². The summed E-state index contributed by atoms with van der Waals surface area (Å²) in [6.07, 6.45) is -1.85. The van der Waals surface area contributed by atoms with Gasteiger partial charge in [0, 0.05) is 5.39 Å². The van der Waals surface area contributed by atoms with Crippen LogP contribution < -0.4 is 0 Å². The highest BCUT2D eigenvalue weighted by Gasteiger charge is 2.21. The Labute approximate surface area is 97.4 Å². The maximum absolute atomic E-state index is 11.7. The maximum atomic E-state index is 11.7. The van der Waals surface area contributed by atoms with Gasteiger partial charge in [0.1, 0.15) is 4.90 Å². The van der Waals surface area contributed by atoms with Crippen molar-refractivity contribution in [1.29, 1.82) is 0 Å². The molecule has 0 aliphatic heterocycles. The van der Waals surface area contributed by atoms with Crippen molar-refractivity contribution in [2.24, 2.45) is 0 Å². The van der Waals surface area contributed by atoms with Crippen molar-refractivity contribution >= 4 is 27.0 Å². The SMILES string of the molecule is O=C(O)OS(=O)(=O)c1cccc2ccccc12. The third kappa shape index (κ3) is 2.21. The molecule has 0 aliphatic carbocycles. The molecular formula is C11H8O5S. The van der Waals surface area contributed by atoms with Crippen molar-refractivity contribution in [2.45, 2.75) is 4.90 Å². The largest absolute Gasteiger partial charge is 0.522 e. The molecular weight excluding hydrogens is 244 g/mol. The summed E-state index contributed by atoms with van der Waals surface area (Å²) in [6, 6.07) is 11.3. The summed E-state index contributed by atoms with van der Waals surface area (Å²) in [4.78, 5) is 10.2. The molecule has 0 heterocycles. The summed E-state index contributed by atoms with van der Waals surface area (Å²) in [5.74, 6) is 0. The van der Waals surface area contributed by atoms with Gasteiger partial charge in [0.25, 0.3) is 0 Å². The second kappa shape index (κ2) is 4.06. The van der Waals surface area contributed by atoms with Crippen molar-refractivity contribution in [2.75, 3.05) is 0 Å². The average molecular weight is 252 g/mol. The lowest BCUT2D eigenvalue weighted by Crippen LogP contribution is -2.11. The first kappa shape index (κ1) is 11.4. The molecule has 0 radical (unpaired) electrons. The van der Waals surface area contributed by atoms with Gasteiger partial charge in [-0.05, 0) is 11.5 Å². The fraction of sp³-hybridized carbons (Fsp3) is 0. The molecule has 2 aromatic rings. The second-order valence-electron chi connectivity index (χ2n) is 3.28. The molecule has 2 rings (SSSR count). The number of hydrogen-bond acceptors (Lipinski definition) is 4. The van der Waals surface area contributed by atoms with E-state index < -0.39 is 16.3 Å². The predicted molar refractivity (Wildman–Crippen MR) is 60.2 cm³/mol. The van der Waals surface area contributed by atoms with E-state index >= 15 is 0 Å². The lowest BCUT2D eigenvalue weighted by molar-refractivity contribution is 0.147. The van der Waals surface area contributed by atoms with Crippen LogP contribution in [-0.4, -0.2) is 19.7 Å². The van der Waals surface area contributed by atoms with Crippen LogP contribution >= 0.6 is 0 Å². The number of fused-ring (bicyclic) bond motifs is 1. The standard InChI is InChI=1S/C11H8O5S/c12-11(13)16-17(14,15)10-7-3-5-8-4-1-2-6-9(8)10/h1-7H,(H,12,13). The van der Waals surface area contributed by atoms with E-state index in [1.165, 1.54) is 12.1 Å². The summed E-state index contributed by atoms with van der Waals surface area (Å²) in [6.45, 7) is 0. The molecule has 0 aliphatic rings. The fourth-order valence-corrected chi connectivity index (χ4v) is 2.53. The quantitative estimate of drug-likeness (QED) is 0.829. The topological polar surface area (TPSA) is 80.7 Å². The molecule has 2 aromatic carbocycles. The van der Waals surface area contributed by atoms with E-state index in [4.69, 9.17) is 5.11 Å². The molecule has 0 saturated heterocycles. The van der Waals surface area contributed by atoms with Gasteiger partial charge < -0.3 is 9.29 Å². The zero-order valence-corrected chi connectivity index (χ0v) is 9.35. The molecule has 6 heteroatoms. The summed E-state index contributed by atoms with van der Waals surface area (Å²) in [7, 11) is -4.29. The molecule has 0 fully saturated rings. The van der Waals surface area contributed by atoms with Crippen LogP contribution in [0.2, 0.25) is 0 Å². The van der Waals surface area contributed by atoms with Crippen LogP contribution in [0.25, 0.3) is 10.8 Å². The zero-order chi connectivity index (χ0) is 12.5. The molecule has 5 nitrogen and oxygen atoms in total. The molecule has 17 heavy (non-hydrogen) atoms. The van der Waals surface area contributed by atoms with Crippen LogP contribution in [0.3, 0.4) is 0 Å². The van der Waals surface area contributed by atoms with Gasteiger partial charge in [0.2, 0.25) is 0 Å². The first-order valence-electron chi connectivity index (χ1n) is 4.66. The van der Waals surface area contributed by atoms with E-state index in [2.05, 4.69) is 4.18 Å². The molecule has 0 bridgehead atoms. The Bertz CT molecular complexity index is 670. The van der Waals surface area contributed by atoms with Gasteiger partial charge in [-0.25, -0.2) is 4.79 Å². The van der Waals surface area contributed by atoms with Crippen molar-refractivity contribution in [3.63, 3.8) is 0 Å². The minimum Gasteiger partial charge on any atom is -0.449 e. The van der Waals surface area contributed by atoms with E-state index in [-0.39, 0.29) is 4.90 Å². The highest BCUT2D eigenvalue weighted by molar-refractivity contribution is 7.87. The third-order valence-electron chi connectivity index (χ3n) is 2.20. The minimum absolute atomic E-state index is 0.155. The van der Waals surface area contributed by atoms with Crippen LogP contribution in [-0.2, 0) is 14.3 Å². The van der Waals surface area contributed by atoms with E-state index in [1.807, 2.05) is 0 Å². The summed E-state index contributed by atoms with van der Waals surface area (Å²) >= 11 is 0. The van der Waals surface area contributed by atoms with Gasteiger partial charge >= 0.3 is 16.3 Å². The van der Waals surface area contributed by atoms with E-state index in [0.717, 1.165) is 0 Å². The van der Waals surface area contributed by atoms with Gasteiger partial charge in [-0.15, -0.1) is 0 Å². The summed E-state index contributed by atoms with van der Waals surface area (Å²) < 4.78 is 27.2. The van der Waals surface area contributed by atoms with Gasteiger partial charge in [-0.1, -0.05) is 36.4 Å². The summed E-state index contributed by atoms with van der Waals surface area (Å²) in [5.41, 5.74) is 0. The second-order valence-corrected chi connectivity index (χ2v) is 4.80. The van der Waals surface area contributed by atoms with Gasteiger partial charge in [0.05, 0.1) is 0 Å². The highest BCUT2D eigenvalue weighted by atomic mass is 32.2. The molecule has 0 saturated carbocycles. The van der Waals surface area contributed by atoms with E-state index in [0.29, 0.717) is 10.8 Å². The highest BCUT2D eigenvalue weighted by Crippen LogP contribution is 2.24. The van der Waals surface area contributed by atoms with Crippen molar-refractivity contribution < 1.29 is 22.5 Å². The van der Waals surface area contributed by atoms with Gasteiger partial charge in [-0.3, -0.25) is 0 Å². The van der Waals surface area contributed by atoms with E-state index in [9.17, 15) is 13.2 Å². The van der Waals surface area contributed by atoms with Crippen LogP contribution in [0.1, 0.15) is 0 Å². The lowest BCUT2D eigenvalue weighted by atomic mass is 10.1. The maximum Gasteiger partial charge on any atom is 0.522 e. The molecule has 1 N–H and O–H groups in total. The van der Waals surface area contributed by atoms with E-state index in [1.54, 1.807) is 30.3 Å². The smallest absolute Gasteiger partial charge is 0.449 e. The van der Waals surface area contributed by atoms with Crippen molar-refractivity contribution in [1.82, 2.24) is 0 Å². The monoisotopic (exact) mass is 252 g/mol. The van der Waals surface area contributed by atoms with Gasteiger partial charge in [-0.2, -0.15) is 8.42 Å². The Morgan fingerprint density at radius 3 is 2.41 bits per heavy atom. The minimum atomic E-state index is -4.29. The molecule has 88 valence electrons. The Balaban J connectivity index is 2.67. The molecule has 0 aromatic heterocycles. The Kier molecular flexibility index (Phi) is 2.72. The normalized spacial score (nSPS) is 11.3. The average Bonchev–Trinajstić information content (AvgIpc) is 2.26. The fourth-order valence-electron chi connectivity index (χ4n) is 1.55. The third-order valence-corrected chi connectivity index (χ3v) is 3.46. The van der Waals surface area contributed by atoms with Crippen LogP contribution in [0, 0.1) is 0 Å². The Hall–Kier alpha value is -2.08. The van der Waals surface area contributed by atoms with Crippen molar-refractivity contribution in [3.05, 3.63) is 42.5 Å². The number of hydrogen-bond donors (Lipinski definition) is 1. The van der Waals surface area contributed by atoms with Crippen LogP contribution in [0.5, 0.6) is 0 Å². The zero-order valence-electron chi connectivity index (χ0n) is 8.53. The Morgan fingerprint density at radius 2 is 1.71 bits per heavy atom. The number of rotatable bonds is 2. The molecule has 0 spiro atoms. The van der Waals surface area contributed by atoms with Crippen LogP contribution in [0.15, 0.2) is 47.4 Å². The Morgan fingerprint density at radius 1 is 1.06 bits per heavy atom. The first-order valence-corrected chi connectivity index (χ1v) is 6.07. The number of carbonyl (C=O) groups is 1. The molecule has 0 amide bonds. The predicted octanol–water partition coefficient (Wildman–Crippen LogP) is 2.22. The number of benzene rings is 2. The summed E-state index contributed by atoms with van der Waals surface area (Å²) in [5, 5.41) is 9.51. The number of carboxylic acid groups (broad SMARTS) is 1. The van der Waals surface area contributed by atoms with Crippen molar-refractivity contribution in [3.8, 4) is 0 Å². The first-order chi connectivity index (χ1) is 8.00. The van der Waals surface area contributed by atoms with Crippen LogP contribution in [0.4, 0.5) is 4.79 Å². The molecule has 0 unspecified atom stereocenters.